The summed E-state index contributed by atoms with van der Waals surface area (Å²) in [6.07, 6.45) is 3.43. The maximum absolute atomic E-state index is 5.53. The highest BCUT2D eigenvalue weighted by Gasteiger charge is 2.21. The van der Waals surface area contributed by atoms with Gasteiger partial charge in [-0.05, 0) is 36.1 Å². The molecule has 0 N–H and O–H groups in total. The molecule has 2 aromatic carbocycles. The van der Waals surface area contributed by atoms with Crippen molar-refractivity contribution in [2.45, 2.75) is 13.3 Å². The van der Waals surface area contributed by atoms with Gasteiger partial charge in [-0.3, -0.25) is 0 Å². The van der Waals surface area contributed by atoms with Crippen molar-refractivity contribution in [3.8, 4) is 5.75 Å². The van der Waals surface area contributed by atoms with E-state index < -0.39 is 0 Å². The number of benzene rings is 2. The zero-order chi connectivity index (χ0) is 14.7. The second-order valence-electron chi connectivity index (χ2n) is 5.50. The van der Waals surface area contributed by atoms with Crippen molar-refractivity contribution in [2.75, 3.05) is 18.6 Å². The molecule has 3 rings (SSSR count). The molecule has 21 heavy (non-hydrogen) atoms. The van der Waals surface area contributed by atoms with Crippen molar-refractivity contribution in [3.05, 3.63) is 66.4 Å². The van der Waals surface area contributed by atoms with E-state index in [1.807, 2.05) is 12.1 Å². The fraction of sp³-hybridized carbons (Fsp3) is 0.263. The molecule has 0 saturated carbocycles. The molecule has 1 atom stereocenters. The first-order valence-electron chi connectivity index (χ1n) is 7.46. The first kappa shape index (κ1) is 13.7. The van der Waals surface area contributed by atoms with Gasteiger partial charge in [-0.1, -0.05) is 43.3 Å². The third kappa shape index (κ3) is 2.80. The predicted molar refractivity (Wildman–Crippen MR) is 88.5 cm³/mol. The van der Waals surface area contributed by atoms with Gasteiger partial charge in [-0.2, -0.15) is 0 Å². The van der Waals surface area contributed by atoms with Gasteiger partial charge in [0.25, 0.3) is 0 Å². The number of allylic oxidation sites excluding steroid dienone is 1. The average molecular weight is 279 g/mol. The van der Waals surface area contributed by atoms with Gasteiger partial charge in [0, 0.05) is 24.0 Å². The highest BCUT2D eigenvalue weighted by molar-refractivity contribution is 5.75. The van der Waals surface area contributed by atoms with Crippen LogP contribution < -0.4 is 9.64 Å². The van der Waals surface area contributed by atoms with Gasteiger partial charge in [0.1, 0.15) is 5.75 Å². The summed E-state index contributed by atoms with van der Waals surface area (Å²) in [6, 6.07) is 18.8. The van der Waals surface area contributed by atoms with Crippen LogP contribution in [0.25, 0.3) is 5.57 Å². The third-order valence-electron chi connectivity index (χ3n) is 4.13. The summed E-state index contributed by atoms with van der Waals surface area (Å²) in [7, 11) is 1.74. The number of ether oxygens (including phenoxy) is 1. The van der Waals surface area contributed by atoms with Gasteiger partial charge < -0.3 is 9.64 Å². The number of rotatable bonds is 3. The lowest BCUT2D eigenvalue weighted by molar-refractivity contribution is 0.412. The molecule has 0 radical (unpaired) electrons. The Kier molecular flexibility index (Phi) is 3.96. The molecule has 0 aromatic heterocycles. The molecule has 2 nitrogen and oxygen atoms in total. The molecule has 0 saturated heterocycles. The van der Waals surface area contributed by atoms with Crippen LogP contribution in [0.2, 0.25) is 0 Å². The minimum atomic E-state index is 0.543. The van der Waals surface area contributed by atoms with Crippen molar-refractivity contribution >= 4 is 11.3 Å². The number of anilines is 1. The van der Waals surface area contributed by atoms with Crippen LogP contribution in [-0.2, 0) is 0 Å². The van der Waals surface area contributed by atoms with Crippen molar-refractivity contribution < 1.29 is 4.74 Å². The number of hydrogen-bond acceptors (Lipinski definition) is 2. The molecule has 2 heteroatoms. The van der Waals surface area contributed by atoms with Gasteiger partial charge in [0.05, 0.1) is 7.11 Å². The molecule has 0 spiro atoms. The number of nitrogens with zero attached hydrogens (tertiary/aromatic N) is 1. The van der Waals surface area contributed by atoms with Gasteiger partial charge in [0.2, 0.25) is 0 Å². The Hall–Kier alpha value is -2.22. The predicted octanol–water partition coefficient (Wildman–Crippen LogP) is 4.58. The van der Waals surface area contributed by atoms with Crippen LogP contribution >= 0.6 is 0 Å². The van der Waals surface area contributed by atoms with Crippen LogP contribution in [0.3, 0.4) is 0 Å². The molecular weight excluding hydrogens is 258 g/mol. The summed E-state index contributed by atoms with van der Waals surface area (Å²) >= 11 is 0. The van der Waals surface area contributed by atoms with E-state index >= 15 is 0 Å². The summed E-state index contributed by atoms with van der Waals surface area (Å²) in [6.45, 7) is 3.35. The standard InChI is InChI=1S/C19H21NO/c1-15-12-13-20(16-8-4-3-5-9-16)14-18(15)17-10-6-7-11-19(17)21-2/h3-11,14-15H,12-13H2,1-2H3. The highest BCUT2D eigenvalue weighted by Crippen LogP contribution is 2.36. The summed E-state index contributed by atoms with van der Waals surface area (Å²) < 4.78 is 5.53. The van der Waals surface area contributed by atoms with Crippen molar-refractivity contribution in [2.24, 2.45) is 5.92 Å². The van der Waals surface area contributed by atoms with Crippen LogP contribution in [0.5, 0.6) is 5.75 Å². The van der Waals surface area contributed by atoms with Crippen LogP contribution in [0.1, 0.15) is 18.9 Å². The molecule has 1 aliphatic rings. The molecule has 0 bridgehead atoms. The van der Waals surface area contributed by atoms with Crippen LogP contribution in [0, 0.1) is 5.92 Å². The van der Waals surface area contributed by atoms with Crippen molar-refractivity contribution in [3.63, 3.8) is 0 Å². The second kappa shape index (κ2) is 6.04. The minimum Gasteiger partial charge on any atom is -0.496 e. The smallest absolute Gasteiger partial charge is 0.126 e. The lowest BCUT2D eigenvalue weighted by atomic mass is 9.89. The Labute approximate surface area is 126 Å². The van der Waals surface area contributed by atoms with Crippen LogP contribution in [-0.4, -0.2) is 13.7 Å². The van der Waals surface area contributed by atoms with Gasteiger partial charge in [0.15, 0.2) is 0 Å². The van der Waals surface area contributed by atoms with E-state index in [1.54, 1.807) is 7.11 Å². The topological polar surface area (TPSA) is 12.5 Å². The third-order valence-corrected chi connectivity index (χ3v) is 4.13. The van der Waals surface area contributed by atoms with Crippen molar-refractivity contribution in [1.29, 1.82) is 0 Å². The molecule has 0 aliphatic carbocycles. The van der Waals surface area contributed by atoms with E-state index in [1.165, 1.54) is 16.8 Å². The fourth-order valence-electron chi connectivity index (χ4n) is 2.89. The van der Waals surface area contributed by atoms with E-state index in [0.717, 1.165) is 18.7 Å². The summed E-state index contributed by atoms with van der Waals surface area (Å²) in [5, 5.41) is 0. The summed E-state index contributed by atoms with van der Waals surface area (Å²) in [5.41, 5.74) is 3.80. The molecule has 1 unspecified atom stereocenters. The van der Waals surface area contributed by atoms with Crippen LogP contribution in [0.15, 0.2) is 60.8 Å². The Bertz CT molecular complexity index is 633. The molecule has 0 amide bonds. The number of hydrogen-bond donors (Lipinski definition) is 0. The quantitative estimate of drug-likeness (QED) is 0.815. The Morgan fingerprint density at radius 3 is 2.48 bits per heavy atom. The normalized spacial score (nSPS) is 18.3. The molecule has 1 heterocycles. The minimum absolute atomic E-state index is 0.543. The van der Waals surface area contributed by atoms with E-state index in [-0.39, 0.29) is 0 Å². The average Bonchev–Trinajstić information content (AvgIpc) is 2.56. The fourth-order valence-corrected chi connectivity index (χ4v) is 2.89. The summed E-state index contributed by atoms with van der Waals surface area (Å²) in [4.78, 5) is 2.34. The van der Waals surface area contributed by atoms with Crippen molar-refractivity contribution in [1.82, 2.24) is 0 Å². The highest BCUT2D eigenvalue weighted by atomic mass is 16.5. The number of para-hydroxylation sites is 2. The van der Waals surface area contributed by atoms with Gasteiger partial charge >= 0.3 is 0 Å². The monoisotopic (exact) mass is 279 g/mol. The molecule has 1 aliphatic heterocycles. The Balaban J connectivity index is 2.01. The van der Waals surface area contributed by atoms with E-state index in [9.17, 15) is 0 Å². The van der Waals surface area contributed by atoms with E-state index in [2.05, 4.69) is 60.5 Å². The van der Waals surface area contributed by atoms with Gasteiger partial charge in [-0.25, -0.2) is 0 Å². The molecule has 108 valence electrons. The number of methoxy groups -OCH3 is 1. The first-order valence-corrected chi connectivity index (χ1v) is 7.46. The van der Waals surface area contributed by atoms with Gasteiger partial charge in [-0.15, -0.1) is 0 Å². The molecule has 2 aromatic rings. The Morgan fingerprint density at radius 1 is 1.00 bits per heavy atom. The largest absolute Gasteiger partial charge is 0.496 e. The zero-order valence-electron chi connectivity index (χ0n) is 12.6. The van der Waals surface area contributed by atoms with E-state index in [4.69, 9.17) is 4.74 Å². The van der Waals surface area contributed by atoms with E-state index in [0.29, 0.717) is 5.92 Å². The maximum Gasteiger partial charge on any atom is 0.126 e. The van der Waals surface area contributed by atoms with Crippen LogP contribution in [0.4, 0.5) is 5.69 Å². The summed E-state index contributed by atoms with van der Waals surface area (Å²) in [5.74, 6) is 1.49. The lowest BCUT2D eigenvalue weighted by Gasteiger charge is -2.31. The first-order chi connectivity index (χ1) is 10.3. The Morgan fingerprint density at radius 2 is 1.71 bits per heavy atom. The second-order valence-corrected chi connectivity index (χ2v) is 5.50. The zero-order valence-corrected chi connectivity index (χ0v) is 12.6. The SMILES string of the molecule is COc1ccccc1C1=CN(c2ccccc2)CCC1C. The maximum atomic E-state index is 5.53. The lowest BCUT2D eigenvalue weighted by Crippen LogP contribution is -2.25. The molecule has 0 fully saturated rings. The molecular formula is C19H21NO.